The zero-order valence-electron chi connectivity index (χ0n) is 16.0. The molecule has 1 fully saturated rings. The standard InChI is InChI=1S/C20H28N4O4/c21-11-4-2-1-3-5-12-22-16-8-6-7-14(15(16)13-25)19(27)23-17-9-10-18(26)24-20(17)28/h6-8,13,17,22H,1-5,9-12,21H2,(H,23,27)(H,24,26,28). The summed E-state index contributed by atoms with van der Waals surface area (Å²) in [6.45, 7) is 1.41. The minimum absolute atomic E-state index is 0.171. The second-order valence-electron chi connectivity index (χ2n) is 6.85. The molecular formula is C20H28N4O4. The number of imide groups is 1. The first-order chi connectivity index (χ1) is 13.6. The van der Waals surface area contributed by atoms with Gasteiger partial charge in [-0.2, -0.15) is 0 Å². The molecule has 1 aromatic rings. The van der Waals surface area contributed by atoms with E-state index in [1.807, 2.05) is 0 Å². The van der Waals surface area contributed by atoms with Crippen LogP contribution in [0.25, 0.3) is 0 Å². The van der Waals surface area contributed by atoms with E-state index in [1.54, 1.807) is 18.2 Å². The number of anilines is 1. The van der Waals surface area contributed by atoms with E-state index in [1.165, 1.54) is 0 Å². The van der Waals surface area contributed by atoms with Crippen LogP contribution in [-0.4, -0.2) is 43.1 Å². The first-order valence-electron chi connectivity index (χ1n) is 9.73. The van der Waals surface area contributed by atoms with Crippen molar-refractivity contribution in [3.8, 4) is 0 Å². The van der Waals surface area contributed by atoms with Gasteiger partial charge in [0, 0.05) is 18.7 Å². The summed E-state index contributed by atoms with van der Waals surface area (Å²) in [5, 5.41) is 8.01. The van der Waals surface area contributed by atoms with Crippen molar-refractivity contribution >= 4 is 29.7 Å². The lowest BCUT2D eigenvalue weighted by atomic mass is 10.0. The number of aldehydes is 1. The Morgan fingerprint density at radius 3 is 2.64 bits per heavy atom. The number of carbonyl (C=O) groups excluding carboxylic acids is 4. The number of unbranched alkanes of at least 4 members (excludes halogenated alkanes) is 4. The van der Waals surface area contributed by atoms with Gasteiger partial charge in [0.25, 0.3) is 5.91 Å². The lowest BCUT2D eigenvalue weighted by Crippen LogP contribution is -2.52. The predicted molar refractivity (Wildman–Crippen MR) is 106 cm³/mol. The Kier molecular flexibility index (Phi) is 8.61. The Morgan fingerprint density at radius 2 is 1.93 bits per heavy atom. The Labute approximate surface area is 164 Å². The number of rotatable bonds is 11. The quantitative estimate of drug-likeness (QED) is 0.257. The molecule has 2 rings (SSSR count). The van der Waals surface area contributed by atoms with Crippen LogP contribution < -0.4 is 21.7 Å². The molecule has 1 saturated heterocycles. The highest BCUT2D eigenvalue weighted by Crippen LogP contribution is 2.19. The molecule has 8 nitrogen and oxygen atoms in total. The van der Waals surface area contributed by atoms with E-state index in [4.69, 9.17) is 5.73 Å². The van der Waals surface area contributed by atoms with E-state index < -0.39 is 17.9 Å². The van der Waals surface area contributed by atoms with Crippen LogP contribution in [0.3, 0.4) is 0 Å². The Morgan fingerprint density at radius 1 is 1.18 bits per heavy atom. The van der Waals surface area contributed by atoms with Crippen molar-refractivity contribution in [1.82, 2.24) is 10.6 Å². The topological polar surface area (TPSA) is 130 Å². The van der Waals surface area contributed by atoms with Crippen molar-refractivity contribution in [3.63, 3.8) is 0 Å². The first-order valence-corrected chi connectivity index (χ1v) is 9.73. The number of nitrogens with two attached hydrogens (primary N) is 1. The SMILES string of the molecule is NCCCCCCCNc1cccc(C(=O)NC2CCC(=O)NC2=O)c1C=O. The molecule has 8 heteroatoms. The average Bonchev–Trinajstić information content (AvgIpc) is 2.69. The number of hydrogen-bond acceptors (Lipinski definition) is 6. The van der Waals surface area contributed by atoms with Gasteiger partial charge in [0.05, 0.1) is 11.1 Å². The molecule has 5 N–H and O–H groups in total. The molecule has 3 amide bonds. The normalized spacial score (nSPS) is 16.4. The fourth-order valence-electron chi connectivity index (χ4n) is 3.13. The smallest absolute Gasteiger partial charge is 0.252 e. The molecule has 0 aliphatic carbocycles. The number of hydrogen-bond donors (Lipinski definition) is 4. The van der Waals surface area contributed by atoms with E-state index in [-0.39, 0.29) is 29.9 Å². The third kappa shape index (κ3) is 6.16. The molecule has 1 atom stereocenters. The molecule has 0 spiro atoms. The number of carbonyl (C=O) groups is 4. The van der Waals surface area contributed by atoms with Gasteiger partial charge in [-0.15, -0.1) is 0 Å². The fraction of sp³-hybridized carbons (Fsp3) is 0.500. The fourth-order valence-corrected chi connectivity index (χ4v) is 3.13. The van der Waals surface area contributed by atoms with Gasteiger partial charge in [0.15, 0.2) is 6.29 Å². The Bertz CT molecular complexity index is 720. The molecule has 1 aliphatic rings. The van der Waals surface area contributed by atoms with E-state index in [0.29, 0.717) is 25.1 Å². The van der Waals surface area contributed by atoms with Gasteiger partial charge in [-0.3, -0.25) is 24.5 Å². The van der Waals surface area contributed by atoms with Gasteiger partial charge in [0.1, 0.15) is 6.04 Å². The van der Waals surface area contributed by atoms with Crippen molar-refractivity contribution in [2.24, 2.45) is 5.73 Å². The van der Waals surface area contributed by atoms with Crippen molar-refractivity contribution in [1.29, 1.82) is 0 Å². The maximum absolute atomic E-state index is 12.6. The van der Waals surface area contributed by atoms with Crippen molar-refractivity contribution in [3.05, 3.63) is 29.3 Å². The maximum atomic E-state index is 12.6. The van der Waals surface area contributed by atoms with Crippen LogP contribution in [0.1, 0.15) is 65.7 Å². The average molecular weight is 388 g/mol. The largest absolute Gasteiger partial charge is 0.384 e. The summed E-state index contributed by atoms with van der Waals surface area (Å²) < 4.78 is 0. The minimum Gasteiger partial charge on any atom is -0.384 e. The van der Waals surface area contributed by atoms with Gasteiger partial charge < -0.3 is 16.4 Å². The molecule has 1 aromatic carbocycles. The zero-order chi connectivity index (χ0) is 20.4. The van der Waals surface area contributed by atoms with Crippen LogP contribution in [-0.2, 0) is 9.59 Å². The summed E-state index contributed by atoms with van der Waals surface area (Å²) >= 11 is 0. The third-order valence-corrected chi connectivity index (χ3v) is 4.71. The van der Waals surface area contributed by atoms with Crippen LogP contribution >= 0.6 is 0 Å². The number of piperidine rings is 1. The molecule has 0 bridgehead atoms. The lowest BCUT2D eigenvalue weighted by Gasteiger charge is -2.22. The molecule has 0 saturated carbocycles. The molecule has 1 heterocycles. The highest BCUT2D eigenvalue weighted by Gasteiger charge is 2.28. The van der Waals surface area contributed by atoms with E-state index >= 15 is 0 Å². The van der Waals surface area contributed by atoms with E-state index in [9.17, 15) is 19.2 Å². The first kappa shape index (κ1) is 21.6. The summed E-state index contributed by atoms with van der Waals surface area (Å²) in [4.78, 5) is 47.2. The van der Waals surface area contributed by atoms with Gasteiger partial charge >= 0.3 is 0 Å². The highest BCUT2D eigenvalue weighted by molar-refractivity contribution is 6.07. The lowest BCUT2D eigenvalue weighted by molar-refractivity contribution is -0.134. The van der Waals surface area contributed by atoms with E-state index in [2.05, 4.69) is 16.0 Å². The molecule has 1 unspecified atom stereocenters. The summed E-state index contributed by atoms with van der Waals surface area (Å²) in [7, 11) is 0. The predicted octanol–water partition coefficient (Wildman–Crippen LogP) is 1.36. The van der Waals surface area contributed by atoms with Gasteiger partial charge in [0.2, 0.25) is 11.8 Å². The second kappa shape index (κ2) is 11.2. The van der Waals surface area contributed by atoms with Gasteiger partial charge in [-0.1, -0.05) is 25.3 Å². The third-order valence-electron chi connectivity index (χ3n) is 4.71. The molecule has 152 valence electrons. The number of nitrogens with one attached hydrogen (secondary N) is 3. The zero-order valence-corrected chi connectivity index (χ0v) is 16.0. The maximum Gasteiger partial charge on any atom is 0.252 e. The summed E-state index contributed by atoms with van der Waals surface area (Å²) in [5.41, 5.74) is 6.53. The number of benzene rings is 1. The molecular weight excluding hydrogens is 360 g/mol. The molecule has 0 aromatic heterocycles. The van der Waals surface area contributed by atoms with Crippen LogP contribution in [0, 0.1) is 0 Å². The van der Waals surface area contributed by atoms with Crippen LogP contribution in [0.4, 0.5) is 5.69 Å². The van der Waals surface area contributed by atoms with Crippen molar-refractivity contribution < 1.29 is 19.2 Å². The van der Waals surface area contributed by atoms with Crippen molar-refractivity contribution in [2.45, 2.75) is 51.0 Å². The number of amides is 3. The summed E-state index contributed by atoms with van der Waals surface area (Å²) in [5.74, 6) is -1.39. The molecule has 0 radical (unpaired) electrons. The van der Waals surface area contributed by atoms with Gasteiger partial charge in [-0.25, -0.2) is 0 Å². The minimum atomic E-state index is -0.783. The molecule has 1 aliphatic heterocycles. The highest BCUT2D eigenvalue weighted by atomic mass is 16.2. The van der Waals surface area contributed by atoms with Crippen LogP contribution in [0.5, 0.6) is 0 Å². The van der Waals surface area contributed by atoms with Gasteiger partial charge in [-0.05, 0) is 37.9 Å². The van der Waals surface area contributed by atoms with E-state index in [0.717, 1.165) is 32.1 Å². The van der Waals surface area contributed by atoms with Crippen LogP contribution in [0.2, 0.25) is 0 Å². The Balaban J connectivity index is 1.94. The molecule has 28 heavy (non-hydrogen) atoms. The summed E-state index contributed by atoms with van der Waals surface area (Å²) in [6.07, 6.45) is 6.35. The van der Waals surface area contributed by atoms with Crippen LogP contribution in [0.15, 0.2) is 18.2 Å². The Hall–Kier alpha value is -2.74. The summed E-state index contributed by atoms with van der Waals surface area (Å²) in [6, 6.07) is 4.20. The van der Waals surface area contributed by atoms with Crippen molar-refractivity contribution in [2.75, 3.05) is 18.4 Å². The monoisotopic (exact) mass is 388 g/mol. The second-order valence-corrected chi connectivity index (χ2v) is 6.85.